The molecular weight excluding hydrogens is 266 g/mol. The van der Waals surface area contributed by atoms with Crippen molar-refractivity contribution >= 4 is 15.8 Å². The summed E-state index contributed by atoms with van der Waals surface area (Å²) < 4.78 is 26.4. The Balaban J connectivity index is 2.12. The van der Waals surface area contributed by atoms with Crippen molar-refractivity contribution in [3.05, 3.63) is 42.1 Å². The SMILES string of the molecule is Cc1nccc(CNS(=O)(=O)c2ccc(N)nc2)n1. The van der Waals surface area contributed by atoms with Gasteiger partial charge in [0.25, 0.3) is 0 Å². The molecule has 0 saturated carbocycles. The lowest BCUT2D eigenvalue weighted by Crippen LogP contribution is -2.24. The molecule has 0 atom stereocenters. The minimum atomic E-state index is -3.62. The molecule has 0 aliphatic carbocycles. The van der Waals surface area contributed by atoms with Crippen LogP contribution < -0.4 is 10.5 Å². The molecule has 0 aliphatic rings. The third-order valence-electron chi connectivity index (χ3n) is 2.35. The highest BCUT2D eigenvalue weighted by Crippen LogP contribution is 2.09. The number of nitrogens with one attached hydrogen (secondary N) is 1. The van der Waals surface area contributed by atoms with Crippen LogP contribution in [0.2, 0.25) is 0 Å². The number of rotatable bonds is 4. The van der Waals surface area contributed by atoms with E-state index in [0.717, 1.165) is 0 Å². The molecule has 100 valence electrons. The molecule has 2 aromatic rings. The van der Waals surface area contributed by atoms with Crippen molar-refractivity contribution in [3.8, 4) is 0 Å². The lowest BCUT2D eigenvalue weighted by molar-refractivity contribution is 0.580. The van der Waals surface area contributed by atoms with Crippen molar-refractivity contribution in [2.24, 2.45) is 0 Å². The lowest BCUT2D eigenvalue weighted by atomic mass is 10.4. The summed E-state index contributed by atoms with van der Waals surface area (Å²) in [5.41, 5.74) is 6.01. The highest BCUT2D eigenvalue weighted by atomic mass is 32.2. The van der Waals surface area contributed by atoms with Gasteiger partial charge in [-0.3, -0.25) is 0 Å². The molecule has 0 amide bonds. The Labute approximate surface area is 111 Å². The lowest BCUT2D eigenvalue weighted by Gasteiger charge is -2.06. The van der Waals surface area contributed by atoms with Gasteiger partial charge >= 0.3 is 0 Å². The fraction of sp³-hybridized carbons (Fsp3) is 0.182. The van der Waals surface area contributed by atoms with Gasteiger partial charge in [-0.15, -0.1) is 0 Å². The number of aryl methyl sites for hydroxylation is 1. The summed E-state index contributed by atoms with van der Waals surface area (Å²) in [4.78, 5) is 11.9. The Hall–Kier alpha value is -2.06. The number of hydrogen-bond donors (Lipinski definition) is 2. The topological polar surface area (TPSA) is 111 Å². The Morgan fingerprint density at radius 1 is 1.26 bits per heavy atom. The standard InChI is InChI=1S/C11H13N5O2S/c1-8-13-5-4-9(16-8)6-15-19(17,18)10-2-3-11(12)14-7-10/h2-5,7,15H,6H2,1H3,(H2,12,14). The second-order valence-corrected chi connectivity index (χ2v) is 5.61. The molecule has 0 saturated heterocycles. The number of hydrogen-bond acceptors (Lipinski definition) is 6. The monoisotopic (exact) mass is 279 g/mol. The van der Waals surface area contributed by atoms with Crippen molar-refractivity contribution in [1.29, 1.82) is 0 Å². The van der Waals surface area contributed by atoms with Gasteiger partial charge < -0.3 is 5.73 Å². The van der Waals surface area contributed by atoms with Gasteiger partial charge in [0.1, 0.15) is 16.5 Å². The van der Waals surface area contributed by atoms with Crippen LogP contribution in [0.5, 0.6) is 0 Å². The maximum atomic E-state index is 12.0. The maximum Gasteiger partial charge on any atom is 0.242 e. The normalized spacial score (nSPS) is 11.4. The highest BCUT2D eigenvalue weighted by molar-refractivity contribution is 7.89. The van der Waals surface area contributed by atoms with Crippen LogP contribution in [0.3, 0.4) is 0 Å². The Kier molecular flexibility index (Phi) is 3.72. The van der Waals surface area contributed by atoms with E-state index >= 15 is 0 Å². The maximum absolute atomic E-state index is 12.0. The number of nitrogens with zero attached hydrogens (tertiary/aromatic N) is 3. The van der Waals surface area contributed by atoms with Gasteiger partial charge in [0, 0.05) is 12.4 Å². The van der Waals surface area contributed by atoms with Crippen LogP contribution >= 0.6 is 0 Å². The smallest absolute Gasteiger partial charge is 0.242 e. The first-order valence-corrected chi connectivity index (χ1v) is 6.95. The van der Waals surface area contributed by atoms with Crippen molar-refractivity contribution in [3.63, 3.8) is 0 Å². The molecule has 2 heterocycles. The zero-order chi connectivity index (χ0) is 13.9. The average Bonchev–Trinajstić information content (AvgIpc) is 2.37. The molecule has 0 aliphatic heterocycles. The van der Waals surface area contributed by atoms with Crippen LogP contribution in [-0.4, -0.2) is 23.4 Å². The average molecular weight is 279 g/mol. The zero-order valence-electron chi connectivity index (χ0n) is 10.2. The minimum absolute atomic E-state index is 0.0625. The summed E-state index contributed by atoms with van der Waals surface area (Å²) in [7, 11) is -3.62. The third-order valence-corrected chi connectivity index (χ3v) is 3.73. The fourth-order valence-electron chi connectivity index (χ4n) is 1.41. The van der Waals surface area contributed by atoms with E-state index < -0.39 is 10.0 Å². The number of sulfonamides is 1. The number of pyridine rings is 1. The van der Waals surface area contributed by atoms with Crippen molar-refractivity contribution < 1.29 is 8.42 Å². The van der Waals surface area contributed by atoms with Gasteiger partial charge in [0.15, 0.2) is 0 Å². The summed E-state index contributed by atoms with van der Waals surface area (Å²) in [6, 6.07) is 4.48. The molecule has 0 spiro atoms. The predicted octanol–water partition coefficient (Wildman–Crippen LogP) is 0.241. The van der Waals surface area contributed by atoms with Gasteiger partial charge in [-0.05, 0) is 25.1 Å². The number of nitrogens with two attached hydrogens (primary N) is 1. The van der Waals surface area contributed by atoms with Gasteiger partial charge in [0.2, 0.25) is 10.0 Å². The number of aromatic nitrogens is 3. The Morgan fingerprint density at radius 2 is 2.05 bits per heavy atom. The molecule has 2 aromatic heterocycles. The summed E-state index contributed by atoms with van der Waals surface area (Å²) in [5.74, 6) is 0.858. The van der Waals surface area contributed by atoms with E-state index in [1.54, 1.807) is 19.2 Å². The Morgan fingerprint density at radius 3 is 2.68 bits per heavy atom. The van der Waals surface area contributed by atoms with Crippen molar-refractivity contribution in [1.82, 2.24) is 19.7 Å². The minimum Gasteiger partial charge on any atom is -0.384 e. The first-order chi connectivity index (χ1) is 8.97. The van der Waals surface area contributed by atoms with Gasteiger partial charge in [-0.25, -0.2) is 28.1 Å². The van der Waals surface area contributed by atoms with E-state index in [1.807, 2.05) is 0 Å². The van der Waals surface area contributed by atoms with Gasteiger partial charge in [0.05, 0.1) is 12.2 Å². The Bertz CT molecular complexity index is 670. The van der Waals surface area contributed by atoms with E-state index in [4.69, 9.17) is 5.73 Å². The zero-order valence-corrected chi connectivity index (χ0v) is 11.1. The first kappa shape index (κ1) is 13.4. The second kappa shape index (κ2) is 5.29. The molecule has 3 N–H and O–H groups in total. The largest absolute Gasteiger partial charge is 0.384 e. The quantitative estimate of drug-likeness (QED) is 0.829. The number of nitrogen functional groups attached to an aromatic ring is 1. The molecule has 19 heavy (non-hydrogen) atoms. The first-order valence-electron chi connectivity index (χ1n) is 5.47. The van der Waals surface area contributed by atoms with Gasteiger partial charge in [-0.2, -0.15) is 0 Å². The fourth-order valence-corrected chi connectivity index (χ4v) is 2.35. The third kappa shape index (κ3) is 3.46. The molecule has 0 fully saturated rings. The van der Waals surface area contributed by atoms with E-state index in [0.29, 0.717) is 11.5 Å². The molecule has 0 bridgehead atoms. The van der Waals surface area contributed by atoms with E-state index in [1.165, 1.54) is 18.3 Å². The van der Waals surface area contributed by atoms with Crippen LogP contribution in [0.4, 0.5) is 5.82 Å². The summed E-state index contributed by atoms with van der Waals surface area (Å²) >= 11 is 0. The summed E-state index contributed by atoms with van der Waals surface area (Å²) in [5, 5.41) is 0. The second-order valence-electron chi connectivity index (χ2n) is 3.84. The molecule has 8 heteroatoms. The van der Waals surface area contributed by atoms with Crippen LogP contribution in [0.15, 0.2) is 35.5 Å². The summed E-state index contributed by atoms with van der Waals surface area (Å²) in [6.07, 6.45) is 2.79. The molecule has 7 nitrogen and oxygen atoms in total. The van der Waals surface area contributed by atoms with Crippen molar-refractivity contribution in [2.75, 3.05) is 5.73 Å². The van der Waals surface area contributed by atoms with Crippen LogP contribution in [-0.2, 0) is 16.6 Å². The predicted molar refractivity (Wildman–Crippen MR) is 69.4 cm³/mol. The van der Waals surface area contributed by atoms with Crippen molar-refractivity contribution in [2.45, 2.75) is 18.4 Å². The molecule has 2 rings (SSSR count). The number of anilines is 1. The highest BCUT2D eigenvalue weighted by Gasteiger charge is 2.14. The van der Waals surface area contributed by atoms with Crippen LogP contribution in [0.1, 0.15) is 11.5 Å². The molecule has 0 radical (unpaired) electrons. The summed E-state index contributed by atoms with van der Waals surface area (Å²) in [6.45, 7) is 1.83. The van der Waals surface area contributed by atoms with E-state index in [-0.39, 0.29) is 17.3 Å². The van der Waals surface area contributed by atoms with E-state index in [2.05, 4.69) is 19.7 Å². The molecule has 0 aromatic carbocycles. The van der Waals surface area contributed by atoms with Crippen LogP contribution in [0, 0.1) is 6.92 Å². The van der Waals surface area contributed by atoms with E-state index in [9.17, 15) is 8.42 Å². The molecular formula is C11H13N5O2S. The van der Waals surface area contributed by atoms with Gasteiger partial charge in [-0.1, -0.05) is 0 Å². The molecule has 0 unspecified atom stereocenters. The van der Waals surface area contributed by atoms with Crippen LogP contribution in [0.25, 0.3) is 0 Å².